The van der Waals surface area contributed by atoms with Gasteiger partial charge < -0.3 is 10.3 Å². The molecule has 1 aromatic carbocycles. The van der Waals surface area contributed by atoms with Crippen LogP contribution in [0.25, 0.3) is 11.0 Å². The molecule has 21 heavy (non-hydrogen) atoms. The molecule has 0 bridgehead atoms. The number of imidazole rings is 1. The van der Waals surface area contributed by atoms with Crippen molar-refractivity contribution in [3.8, 4) is 0 Å². The Balaban J connectivity index is 1.79. The van der Waals surface area contributed by atoms with Crippen molar-refractivity contribution in [1.29, 1.82) is 0 Å². The number of nitrogens with one attached hydrogen (secondary N) is 2. The Morgan fingerprint density at radius 3 is 2.86 bits per heavy atom. The zero-order chi connectivity index (χ0) is 14.8. The summed E-state index contributed by atoms with van der Waals surface area (Å²) in [5, 5.41) is 2.94. The standard InChI is InChI=1S/C16H16N4O/c1-10-9-12(7-8-17-10)16(21)18-11(2)15-19-13-5-3-4-6-14(13)20-15/h3-9,11H,1-2H3,(H,18,21)(H,19,20). The Kier molecular flexibility index (Phi) is 3.39. The highest BCUT2D eigenvalue weighted by molar-refractivity contribution is 5.94. The van der Waals surface area contributed by atoms with Crippen molar-refractivity contribution >= 4 is 16.9 Å². The van der Waals surface area contributed by atoms with E-state index in [0.717, 1.165) is 22.6 Å². The van der Waals surface area contributed by atoms with E-state index in [1.807, 2.05) is 38.1 Å². The van der Waals surface area contributed by atoms with E-state index >= 15 is 0 Å². The monoisotopic (exact) mass is 280 g/mol. The Morgan fingerprint density at radius 2 is 2.10 bits per heavy atom. The second kappa shape index (κ2) is 5.36. The van der Waals surface area contributed by atoms with Crippen molar-refractivity contribution in [2.45, 2.75) is 19.9 Å². The fourth-order valence-corrected chi connectivity index (χ4v) is 2.21. The number of H-pyrrole nitrogens is 1. The molecule has 0 saturated carbocycles. The van der Waals surface area contributed by atoms with Crippen molar-refractivity contribution in [2.24, 2.45) is 0 Å². The van der Waals surface area contributed by atoms with Gasteiger partial charge in [-0.1, -0.05) is 12.1 Å². The minimum Gasteiger partial charge on any atom is -0.342 e. The number of nitrogens with zero attached hydrogens (tertiary/aromatic N) is 2. The summed E-state index contributed by atoms with van der Waals surface area (Å²) in [5.74, 6) is 0.615. The summed E-state index contributed by atoms with van der Waals surface area (Å²) in [7, 11) is 0. The molecular weight excluding hydrogens is 264 g/mol. The van der Waals surface area contributed by atoms with Gasteiger partial charge in [0.25, 0.3) is 5.91 Å². The molecule has 0 aliphatic rings. The van der Waals surface area contributed by atoms with Crippen LogP contribution in [0.1, 0.15) is 34.8 Å². The molecule has 2 aromatic heterocycles. The van der Waals surface area contributed by atoms with Gasteiger partial charge in [-0.25, -0.2) is 4.98 Å². The van der Waals surface area contributed by atoms with E-state index in [9.17, 15) is 4.79 Å². The maximum atomic E-state index is 12.2. The van der Waals surface area contributed by atoms with Crippen LogP contribution in [0.2, 0.25) is 0 Å². The van der Waals surface area contributed by atoms with Gasteiger partial charge in [0.15, 0.2) is 0 Å². The first-order valence-corrected chi connectivity index (χ1v) is 6.81. The number of rotatable bonds is 3. The van der Waals surface area contributed by atoms with Crippen molar-refractivity contribution in [2.75, 3.05) is 0 Å². The molecule has 3 rings (SSSR count). The maximum absolute atomic E-state index is 12.2. The Morgan fingerprint density at radius 1 is 1.29 bits per heavy atom. The van der Waals surface area contributed by atoms with E-state index in [1.165, 1.54) is 0 Å². The lowest BCUT2D eigenvalue weighted by Crippen LogP contribution is -2.27. The zero-order valence-electron chi connectivity index (χ0n) is 11.9. The van der Waals surface area contributed by atoms with Gasteiger partial charge in [0.1, 0.15) is 5.82 Å². The molecule has 1 amide bonds. The van der Waals surface area contributed by atoms with Crippen molar-refractivity contribution in [3.63, 3.8) is 0 Å². The number of hydrogen-bond acceptors (Lipinski definition) is 3. The molecule has 0 saturated heterocycles. The number of hydrogen-bond donors (Lipinski definition) is 2. The fraction of sp³-hybridized carbons (Fsp3) is 0.188. The average molecular weight is 280 g/mol. The molecule has 1 unspecified atom stereocenters. The fourth-order valence-electron chi connectivity index (χ4n) is 2.21. The molecule has 2 heterocycles. The molecule has 5 heteroatoms. The lowest BCUT2D eigenvalue weighted by Gasteiger charge is -2.11. The van der Waals surface area contributed by atoms with Crippen LogP contribution in [0.15, 0.2) is 42.6 Å². The number of aromatic nitrogens is 3. The number of fused-ring (bicyclic) bond motifs is 1. The van der Waals surface area contributed by atoms with Crippen LogP contribution >= 0.6 is 0 Å². The Bertz CT molecular complexity index is 761. The number of aryl methyl sites for hydroxylation is 1. The lowest BCUT2D eigenvalue weighted by atomic mass is 10.2. The minimum atomic E-state index is -0.196. The first kappa shape index (κ1) is 13.3. The van der Waals surface area contributed by atoms with E-state index < -0.39 is 0 Å². The molecule has 5 nitrogen and oxygen atoms in total. The lowest BCUT2D eigenvalue weighted by molar-refractivity contribution is 0.0938. The van der Waals surface area contributed by atoms with Crippen LogP contribution < -0.4 is 5.32 Å². The van der Waals surface area contributed by atoms with Gasteiger partial charge in [0.05, 0.1) is 17.1 Å². The number of carbonyl (C=O) groups is 1. The van der Waals surface area contributed by atoms with Crippen LogP contribution in [0, 0.1) is 6.92 Å². The molecule has 1 atom stereocenters. The maximum Gasteiger partial charge on any atom is 0.251 e. The molecule has 0 aliphatic carbocycles. The van der Waals surface area contributed by atoms with Gasteiger partial charge in [0.2, 0.25) is 0 Å². The summed E-state index contributed by atoms with van der Waals surface area (Å²) < 4.78 is 0. The highest BCUT2D eigenvalue weighted by atomic mass is 16.1. The third-order valence-electron chi connectivity index (χ3n) is 3.32. The molecular formula is C16H16N4O. The number of amides is 1. The third kappa shape index (κ3) is 2.76. The normalized spacial score (nSPS) is 12.3. The highest BCUT2D eigenvalue weighted by Gasteiger charge is 2.14. The SMILES string of the molecule is Cc1cc(C(=O)NC(C)c2nc3ccccc3[nH]2)ccn1. The summed E-state index contributed by atoms with van der Waals surface area (Å²) in [5.41, 5.74) is 3.28. The number of pyridine rings is 1. The van der Waals surface area contributed by atoms with Crippen LogP contribution in [0.4, 0.5) is 0 Å². The summed E-state index contributed by atoms with van der Waals surface area (Å²) in [4.78, 5) is 24.0. The largest absolute Gasteiger partial charge is 0.342 e. The van der Waals surface area contributed by atoms with Crippen LogP contribution in [0.5, 0.6) is 0 Å². The predicted molar refractivity (Wildman–Crippen MR) is 80.9 cm³/mol. The second-order valence-corrected chi connectivity index (χ2v) is 5.02. The number of para-hydroxylation sites is 2. The zero-order valence-corrected chi connectivity index (χ0v) is 11.9. The second-order valence-electron chi connectivity index (χ2n) is 5.02. The minimum absolute atomic E-state index is 0.131. The first-order chi connectivity index (χ1) is 10.1. The Labute approximate surface area is 122 Å². The molecule has 3 aromatic rings. The predicted octanol–water partition coefficient (Wildman–Crippen LogP) is 2.76. The molecule has 0 fully saturated rings. The third-order valence-corrected chi connectivity index (χ3v) is 3.32. The molecule has 0 spiro atoms. The van der Waals surface area contributed by atoms with Crippen molar-refractivity contribution in [3.05, 3.63) is 59.7 Å². The smallest absolute Gasteiger partial charge is 0.251 e. The van der Waals surface area contributed by atoms with Gasteiger partial charge in [-0.15, -0.1) is 0 Å². The van der Waals surface area contributed by atoms with E-state index in [4.69, 9.17) is 0 Å². The summed E-state index contributed by atoms with van der Waals surface area (Å²) >= 11 is 0. The van der Waals surface area contributed by atoms with Crippen molar-refractivity contribution < 1.29 is 4.79 Å². The number of benzene rings is 1. The molecule has 2 N–H and O–H groups in total. The van der Waals surface area contributed by atoms with Gasteiger partial charge in [-0.05, 0) is 38.1 Å². The van der Waals surface area contributed by atoms with Crippen molar-refractivity contribution in [1.82, 2.24) is 20.3 Å². The molecule has 0 aliphatic heterocycles. The van der Waals surface area contributed by atoms with E-state index in [2.05, 4.69) is 20.3 Å². The first-order valence-electron chi connectivity index (χ1n) is 6.81. The van der Waals surface area contributed by atoms with Gasteiger partial charge in [-0.3, -0.25) is 9.78 Å². The van der Waals surface area contributed by atoms with Crippen LogP contribution in [0.3, 0.4) is 0 Å². The van der Waals surface area contributed by atoms with Gasteiger partial charge in [-0.2, -0.15) is 0 Å². The number of carbonyl (C=O) groups excluding carboxylic acids is 1. The van der Waals surface area contributed by atoms with Gasteiger partial charge >= 0.3 is 0 Å². The van der Waals surface area contributed by atoms with Gasteiger partial charge in [0, 0.05) is 17.5 Å². The topological polar surface area (TPSA) is 70.7 Å². The highest BCUT2D eigenvalue weighted by Crippen LogP contribution is 2.16. The number of aromatic amines is 1. The summed E-state index contributed by atoms with van der Waals surface area (Å²) in [6.07, 6.45) is 1.64. The Hall–Kier alpha value is -2.69. The summed E-state index contributed by atoms with van der Waals surface area (Å²) in [6, 6.07) is 11.1. The molecule has 106 valence electrons. The van der Waals surface area contributed by atoms with Crippen LogP contribution in [-0.2, 0) is 0 Å². The van der Waals surface area contributed by atoms with E-state index in [0.29, 0.717) is 5.56 Å². The van der Waals surface area contributed by atoms with E-state index in [-0.39, 0.29) is 11.9 Å². The van der Waals surface area contributed by atoms with E-state index in [1.54, 1.807) is 18.3 Å². The van der Waals surface area contributed by atoms with Crippen LogP contribution in [-0.4, -0.2) is 20.9 Å². The quantitative estimate of drug-likeness (QED) is 0.775. The molecule has 0 radical (unpaired) electrons. The average Bonchev–Trinajstić information content (AvgIpc) is 2.91. The summed E-state index contributed by atoms with van der Waals surface area (Å²) in [6.45, 7) is 3.77.